The molecule has 1 aliphatic heterocycles. The molecule has 0 N–H and O–H groups in total. The highest BCUT2D eigenvalue weighted by molar-refractivity contribution is 14.1. The van der Waals surface area contributed by atoms with Crippen LogP contribution in [-0.2, 0) is 13.0 Å². The number of allylic oxidation sites excluding steroid dienone is 1. The Hall–Kier alpha value is -3.22. The number of methoxy groups -OCH3 is 1. The number of aromatic nitrogens is 1. The van der Waals surface area contributed by atoms with Crippen molar-refractivity contribution in [3.63, 3.8) is 0 Å². The molecule has 0 saturated heterocycles. The molecular formula is C35H26I2N2O3S. The molecule has 8 heteroatoms. The van der Waals surface area contributed by atoms with E-state index >= 15 is 0 Å². The average Bonchev–Trinajstić information content (AvgIpc) is 3.33. The maximum Gasteiger partial charge on any atom is 0.271 e. The number of benzene rings is 4. The van der Waals surface area contributed by atoms with Crippen molar-refractivity contribution in [1.82, 2.24) is 4.57 Å². The number of halogens is 2. The number of para-hydroxylation sites is 1. The molecule has 0 radical (unpaired) electrons. The highest BCUT2D eigenvalue weighted by atomic mass is 127. The molecule has 2 aliphatic rings. The summed E-state index contributed by atoms with van der Waals surface area (Å²) in [6, 6.07) is 30.5. The number of ether oxygens (including phenoxy) is 2. The number of thiazole rings is 1. The normalized spacial score (nSPS) is 15.8. The first-order valence-electron chi connectivity index (χ1n) is 13.9. The fourth-order valence-corrected chi connectivity index (χ4v) is 8.63. The van der Waals surface area contributed by atoms with Crippen molar-refractivity contribution in [1.29, 1.82) is 0 Å². The summed E-state index contributed by atoms with van der Waals surface area (Å²) in [4.78, 5) is 20.0. The van der Waals surface area contributed by atoms with Crippen molar-refractivity contribution in [3.8, 4) is 11.5 Å². The summed E-state index contributed by atoms with van der Waals surface area (Å²) in [7, 11) is 1.68. The Balaban J connectivity index is 1.32. The molecule has 1 atom stereocenters. The molecule has 214 valence electrons. The van der Waals surface area contributed by atoms with Gasteiger partial charge in [0.25, 0.3) is 5.56 Å². The molecule has 0 amide bonds. The van der Waals surface area contributed by atoms with Crippen LogP contribution in [0.2, 0.25) is 0 Å². The van der Waals surface area contributed by atoms with E-state index < -0.39 is 0 Å². The number of rotatable bonds is 6. The molecule has 4 aromatic carbocycles. The fraction of sp³-hybridized carbons (Fsp3) is 0.143. The Kier molecular flexibility index (Phi) is 8.00. The number of fused-ring (bicyclic) bond motifs is 3. The van der Waals surface area contributed by atoms with E-state index in [-0.39, 0.29) is 11.6 Å². The molecule has 0 unspecified atom stereocenters. The molecule has 1 aromatic heterocycles. The van der Waals surface area contributed by atoms with Crippen molar-refractivity contribution in [2.75, 3.05) is 7.11 Å². The number of hydrogen-bond acceptors (Lipinski definition) is 5. The van der Waals surface area contributed by atoms with Crippen LogP contribution in [0.3, 0.4) is 0 Å². The van der Waals surface area contributed by atoms with Crippen molar-refractivity contribution in [3.05, 3.63) is 151 Å². The van der Waals surface area contributed by atoms with Crippen LogP contribution in [0.5, 0.6) is 11.5 Å². The molecule has 5 nitrogen and oxygen atoms in total. The standard InChI is InChI=1S/C35H26I2N2O3S/c1-41-29-12-5-4-11-26(29)33-27-15-13-23-9-2-3-10-25(23)32(27)38-35-39(33)34(40)31(43-35)18-21-7-6-8-22(17-21)20-42-30-16-14-24(36)19-28(30)37/h2-12,14,16-19,33H,13,15,20H2,1H3/b31-18+/t33-/m1/s1. The third kappa shape index (κ3) is 5.49. The summed E-state index contributed by atoms with van der Waals surface area (Å²) in [5.41, 5.74) is 7.51. The Morgan fingerprint density at radius 1 is 0.953 bits per heavy atom. The molecule has 5 aromatic rings. The van der Waals surface area contributed by atoms with Gasteiger partial charge in [-0.05, 0) is 117 Å². The zero-order chi connectivity index (χ0) is 29.5. The van der Waals surface area contributed by atoms with Crippen LogP contribution in [0, 0.1) is 7.14 Å². The molecule has 0 saturated carbocycles. The lowest BCUT2D eigenvalue weighted by molar-refractivity contribution is 0.304. The topological polar surface area (TPSA) is 52.8 Å². The van der Waals surface area contributed by atoms with Gasteiger partial charge in [0.2, 0.25) is 0 Å². The molecule has 43 heavy (non-hydrogen) atoms. The molecule has 7 rings (SSSR count). The molecule has 0 bridgehead atoms. The maximum atomic E-state index is 14.2. The zero-order valence-electron chi connectivity index (χ0n) is 23.2. The van der Waals surface area contributed by atoms with E-state index in [9.17, 15) is 4.79 Å². The van der Waals surface area contributed by atoms with Crippen LogP contribution in [0.1, 0.15) is 40.3 Å². The Labute approximate surface area is 280 Å². The summed E-state index contributed by atoms with van der Waals surface area (Å²) >= 11 is 6.05. The van der Waals surface area contributed by atoms with Crippen molar-refractivity contribution < 1.29 is 9.47 Å². The number of nitrogens with zero attached hydrogens (tertiary/aromatic N) is 2. The summed E-state index contributed by atoms with van der Waals surface area (Å²) in [6.45, 7) is 0.444. The number of hydrogen-bond donors (Lipinski definition) is 0. The van der Waals surface area contributed by atoms with E-state index in [4.69, 9.17) is 14.5 Å². The zero-order valence-corrected chi connectivity index (χ0v) is 28.4. The molecule has 0 spiro atoms. The van der Waals surface area contributed by atoms with Gasteiger partial charge >= 0.3 is 0 Å². The fourth-order valence-electron chi connectivity index (χ4n) is 5.87. The van der Waals surface area contributed by atoms with Crippen molar-refractivity contribution >= 4 is 68.3 Å². The lowest BCUT2D eigenvalue weighted by Crippen LogP contribution is -2.39. The maximum absolute atomic E-state index is 14.2. The third-order valence-electron chi connectivity index (χ3n) is 7.84. The third-order valence-corrected chi connectivity index (χ3v) is 10.3. The SMILES string of the molecule is COc1ccccc1[C@@H]1C2=C(N=c3s/c(=C/c4cccc(COc5ccc(I)cc5I)c4)c(=O)n31)c1ccccc1CC2. The van der Waals surface area contributed by atoms with Gasteiger partial charge in [-0.15, -0.1) is 0 Å². The monoisotopic (exact) mass is 808 g/mol. The van der Waals surface area contributed by atoms with Gasteiger partial charge in [-0.25, -0.2) is 4.99 Å². The first kappa shape index (κ1) is 28.5. The first-order chi connectivity index (χ1) is 21.0. The van der Waals surface area contributed by atoms with Gasteiger partial charge in [0.1, 0.15) is 18.1 Å². The van der Waals surface area contributed by atoms with Gasteiger partial charge < -0.3 is 9.47 Å². The second-order valence-corrected chi connectivity index (χ2v) is 13.9. The van der Waals surface area contributed by atoms with E-state index in [2.05, 4.69) is 87.6 Å². The minimum atomic E-state index is -0.283. The van der Waals surface area contributed by atoms with Gasteiger partial charge in [-0.1, -0.05) is 72.0 Å². The molecule has 2 heterocycles. The van der Waals surface area contributed by atoms with Crippen LogP contribution >= 0.6 is 56.5 Å². The van der Waals surface area contributed by atoms with E-state index in [0.29, 0.717) is 15.9 Å². The van der Waals surface area contributed by atoms with Gasteiger partial charge in [0.15, 0.2) is 4.80 Å². The van der Waals surface area contributed by atoms with Gasteiger partial charge in [-0.2, -0.15) is 0 Å². The Bertz CT molecular complexity index is 2100. The lowest BCUT2D eigenvalue weighted by Gasteiger charge is -2.31. The minimum Gasteiger partial charge on any atom is -0.496 e. The minimum absolute atomic E-state index is 0.0415. The smallest absolute Gasteiger partial charge is 0.271 e. The molecular weight excluding hydrogens is 782 g/mol. The largest absolute Gasteiger partial charge is 0.496 e. The second kappa shape index (κ2) is 12.0. The summed E-state index contributed by atoms with van der Waals surface area (Å²) in [6.07, 6.45) is 3.72. The quantitative estimate of drug-likeness (QED) is 0.172. The predicted octanol–water partition coefficient (Wildman–Crippen LogP) is 7.12. The van der Waals surface area contributed by atoms with E-state index in [1.807, 2.05) is 59.2 Å². The first-order valence-corrected chi connectivity index (χ1v) is 16.9. The van der Waals surface area contributed by atoms with Crippen LogP contribution in [0.4, 0.5) is 0 Å². The second-order valence-electron chi connectivity index (χ2n) is 10.5. The lowest BCUT2D eigenvalue weighted by atomic mass is 9.83. The van der Waals surface area contributed by atoms with Crippen molar-refractivity contribution in [2.45, 2.75) is 25.5 Å². The van der Waals surface area contributed by atoms with E-state index in [0.717, 1.165) is 61.4 Å². The van der Waals surface area contributed by atoms with Crippen LogP contribution in [-0.4, -0.2) is 11.7 Å². The number of aryl methyl sites for hydroxylation is 1. The Morgan fingerprint density at radius 2 is 1.79 bits per heavy atom. The highest BCUT2D eigenvalue weighted by Gasteiger charge is 2.33. The van der Waals surface area contributed by atoms with E-state index in [1.165, 1.54) is 20.5 Å². The summed E-state index contributed by atoms with van der Waals surface area (Å²) in [5, 5.41) is 0. The molecule has 0 fully saturated rings. The van der Waals surface area contributed by atoms with Crippen LogP contribution < -0.4 is 24.4 Å². The molecule has 1 aliphatic carbocycles. The van der Waals surface area contributed by atoms with Gasteiger partial charge in [0, 0.05) is 14.7 Å². The summed E-state index contributed by atoms with van der Waals surface area (Å²) < 4.78 is 16.7. The predicted molar refractivity (Wildman–Crippen MR) is 188 cm³/mol. The Morgan fingerprint density at radius 3 is 2.65 bits per heavy atom. The van der Waals surface area contributed by atoms with E-state index in [1.54, 1.807) is 7.11 Å². The van der Waals surface area contributed by atoms with Crippen molar-refractivity contribution in [2.24, 2.45) is 4.99 Å². The average molecular weight is 808 g/mol. The van der Waals surface area contributed by atoms with Gasteiger partial charge in [0.05, 0.1) is 27.0 Å². The van der Waals surface area contributed by atoms with Crippen LogP contribution in [0.15, 0.2) is 106 Å². The van der Waals surface area contributed by atoms with Crippen LogP contribution in [0.25, 0.3) is 11.8 Å². The van der Waals surface area contributed by atoms with Gasteiger partial charge in [-0.3, -0.25) is 9.36 Å². The highest BCUT2D eigenvalue weighted by Crippen LogP contribution is 2.43. The summed E-state index contributed by atoms with van der Waals surface area (Å²) in [5.74, 6) is 1.63.